The molecule has 3 heterocycles. The van der Waals surface area contributed by atoms with E-state index in [-0.39, 0.29) is 12.3 Å². The first kappa shape index (κ1) is 14.6. The van der Waals surface area contributed by atoms with Gasteiger partial charge in [-0.3, -0.25) is 4.79 Å². The third-order valence-electron chi connectivity index (χ3n) is 3.45. The maximum Gasteiger partial charge on any atom is 0.224 e. The monoisotopic (exact) mass is 318 g/mol. The molecule has 0 aliphatic heterocycles. The molecule has 0 bridgehead atoms. The summed E-state index contributed by atoms with van der Waals surface area (Å²) in [5.74, 6) is 0.583. The second-order valence-electron chi connectivity index (χ2n) is 5.10. The molecule has 0 unspecified atom stereocenters. The number of amides is 1. The quantitative estimate of drug-likeness (QED) is 0.802. The Morgan fingerprint density at radius 1 is 1.36 bits per heavy atom. The molecule has 22 heavy (non-hydrogen) atoms. The lowest BCUT2D eigenvalue weighted by atomic mass is 10.1. The van der Waals surface area contributed by atoms with Gasteiger partial charge in [-0.2, -0.15) is 0 Å². The molecule has 0 spiro atoms. The summed E-state index contributed by atoms with van der Waals surface area (Å²) in [6.07, 6.45) is 3.87. The van der Waals surface area contributed by atoms with Crippen LogP contribution in [0.5, 0.6) is 0 Å². The molecule has 3 aromatic rings. The van der Waals surface area contributed by atoms with Gasteiger partial charge in [-0.15, -0.1) is 0 Å². The number of aryl methyl sites for hydroxylation is 2. The lowest BCUT2D eigenvalue weighted by Gasteiger charge is -2.02. The predicted molar refractivity (Wildman–Crippen MR) is 81.7 cm³/mol. The molecule has 0 fully saturated rings. The van der Waals surface area contributed by atoms with Crippen LogP contribution in [0.1, 0.15) is 22.7 Å². The van der Waals surface area contributed by atoms with E-state index in [1.165, 1.54) is 0 Å². The van der Waals surface area contributed by atoms with E-state index in [0.717, 1.165) is 22.6 Å². The van der Waals surface area contributed by atoms with Gasteiger partial charge in [0, 0.05) is 18.0 Å². The molecule has 0 saturated heterocycles. The van der Waals surface area contributed by atoms with Crippen molar-refractivity contribution < 1.29 is 9.32 Å². The van der Waals surface area contributed by atoms with Crippen LogP contribution >= 0.6 is 11.6 Å². The number of hydrogen-bond donors (Lipinski definition) is 1. The molecule has 3 rings (SSSR count). The van der Waals surface area contributed by atoms with Gasteiger partial charge in [0.05, 0.1) is 29.4 Å². The fourth-order valence-electron chi connectivity index (χ4n) is 2.27. The van der Waals surface area contributed by atoms with E-state index in [0.29, 0.717) is 17.3 Å². The van der Waals surface area contributed by atoms with Gasteiger partial charge < -0.3 is 14.2 Å². The molecule has 1 amide bonds. The average molecular weight is 319 g/mol. The molecule has 0 aliphatic carbocycles. The van der Waals surface area contributed by atoms with Gasteiger partial charge in [-0.1, -0.05) is 16.8 Å². The van der Waals surface area contributed by atoms with Crippen LogP contribution in [-0.4, -0.2) is 20.4 Å². The molecule has 0 atom stereocenters. The maximum atomic E-state index is 12.0. The number of imidazole rings is 1. The van der Waals surface area contributed by atoms with Crippen LogP contribution < -0.4 is 5.32 Å². The summed E-state index contributed by atoms with van der Waals surface area (Å²) in [4.78, 5) is 16.4. The van der Waals surface area contributed by atoms with Gasteiger partial charge in [0.2, 0.25) is 5.91 Å². The van der Waals surface area contributed by atoms with Crippen LogP contribution in [0.15, 0.2) is 29.0 Å². The number of rotatable bonds is 4. The first-order valence-corrected chi connectivity index (χ1v) is 7.22. The lowest BCUT2D eigenvalue weighted by molar-refractivity contribution is -0.120. The number of carbonyl (C=O) groups excluding carboxylic acids is 1. The third-order valence-corrected chi connectivity index (χ3v) is 3.67. The van der Waals surface area contributed by atoms with Gasteiger partial charge in [-0.05, 0) is 26.0 Å². The van der Waals surface area contributed by atoms with Gasteiger partial charge in [0.1, 0.15) is 11.4 Å². The van der Waals surface area contributed by atoms with Gasteiger partial charge in [0.15, 0.2) is 0 Å². The molecule has 0 radical (unpaired) electrons. The fraction of sp³-hybridized carbons (Fsp3) is 0.267. The smallest absolute Gasteiger partial charge is 0.224 e. The number of halogens is 1. The highest BCUT2D eigenvalue weighted by Crippen LogP contribution is 2.13. The summed E-state index contributed by atoms with van der Waals surface area (Å²) in [5, 5.41) is 7.33. The Morgan fingerprint density at radius 2 is 2.18 bits per heavy atom. The number of fused-ring (bicyclic) bond motifs is 1. The van der Waals surface area contributed by atoms with Crippen molar-refractivity contribution in [1.29, 1.82) is 0 Å². The van der Waals surface area contributed by atoms with E-state index >= 15 is 0 Å². The van der Waals surface area contributed by atoms with Crippen LogP contribution in [0, 0.1) is 13.8 Å². The molecule has 0 aromatic carbocycles. The second-order valence-corrected chi connectivity index (χ2v) is 5.54. The van der Waals surface area contributed by atoms with Gasteiger partial charge in [0.25, 0.3) is 0 Å². The van der Waals surface area contributed by atoms with Crippen LogP contribution in [0.3, 0.4) is 0 Å². The minimum Gasteiger partial charge on any atom is -0.361 e. The summed E-state index contributed by atoms with van der Waals surface area (Å²) >= 11 is 5.93. The molecule has 6 nitrogen and oxygen atoms in total. The summed E-state index contributed by atoms with van der Waals surface area (Å²) < 4.78 is 6.88. The van der Waals surface area contributed by atoms with Crippen molar-refractivity contribution in [3.63, 3.8) is 0 Å². The normalized spacial score (nSPS) is 11.0. The maximum absolute atomic E-state index is 12.0. The molecule has 7 heteroatoms. The zero-order chi connectivity index (χ0) is 15.7. The molecule has 3 aromatic heterocycles. The second kappa shape index (κ2) is 5.81. The summed E-state index contributed by atoms with van der Waals surface area (Å²) in [5.41, 5.74) is 3.14. The highest BCUT2D eigenvalue weighted by molar-refractivity contribution is 6.30. The summed E-state index contributed by atoms with van der Waals surface area (Å²) in [7, 11) is 0. The highest BCUT2D eigenvalue weighted by Gasteiger charge is 2.13. The van der Waals surface area contributed by atoms with Crippen molar-refractivity contribution in [2.24, 2.45) is 0 Å². The SMILES string of the molecule is Cc1noc(C)c1CC(=O)NCc1cn2cc(Cl)ccc2n1. The van der Waals surface area contributed by atoms with Crippen LogP contribution in [0.4, 0.5) is 0 Å². The Kier molecular flexibility index (Phi) is 3.85. The minimum atomic E-state index is -0.0931. The minimum absolute atomic E-state index is 0.0931. The first-order valence-electron chi connectivity index (χ1n) is 6.84. The van der Waals surface area contributed by atoms with Crippen molar-refractivity contribution >= 4 is 23.2 Å². The molecular weight excluding hydrogens is 304 g/mol. The van der Waals surface area contributed by atoms with Crippen LogP contribution in [-0.2, 0) is 17.8 Å². The van der Waals surface area contributed by atoms with Crippen molar-refractivity contribution in [3.05, 3.63) is 52.3 Å². The largest absolute Gasteiger partial charge is 0.361 e. The number of hydrogen-bond acceptors (Lipinski definition) is 4. The Bertz CT molecular complexity index is 818. The summed E-state index contributed by atoms with van der Waals surface area (Å²) in [6, 6.07) is 3.61. The molecule has 0 aliphatic rings. The number of carbonyl (C=O) groups is 1. The van der Waals surface area contributed by atoms with E-state index < -0.39 is 0 Å². The van der Waals surface area contributed by atoms with E-state index in [1.54, 1.807) is 19.2 Å². The molecule has 114 valence electrons. The van der Waals surface area contributed by atoms with E-state index in [4.69, 9.17) is 16.1 Å². The number of pyridine rings is 1. The molecular formula is C15H15ClN4O2. The average Bonchev–Trinajstić information content (AvgIpc) is 3.02. The Morgan fingerprint density at radius 3 is 2.91 bits per heavy atom. The zero-order valence-corrected chi connectivity index (χ0v) is 13.0. The predicted octanol–water partition coefficient (Wildman–Crippen LogP) is 2.45. The van der Waals surface area contributed by atoms with Crippen LogP contribution in [0.2, 0.25) is 5.02 Å². The van der Waals surface area contributed by atoms with Gasteiger partial charge >= 0.3 is 0 Å². The summed E-state index contributed by atoms with van der Waals surface area (Å²) in [6.45, 7) is 3.99. The highest BCUT2D eigenvalue weighted by atomic mass is 35.5. The Balaban J connectivity index is 1.65. The lowest BCUT2D eigenvalue weighted by Crippen LogP contribution is -2.25. The van der Waals surface area contributed by atoms with E-state index in [1.807, 2.05) is 23.6 Å². The first-order chi connectivity index (χ1) is 10.5. The van der Waals surface area contributed by atoms with Crippen LogP contribution in [0.25, 0.3) is 5.65 Å². The van der Waals surface area contributed by atoms with Crippen molar-refractivity contribution in [3.8, 4) is 0 Å². The Hall–Kier alpha value is -2.34. The van der Waals surface area contributed by atoms with Crippen molar-refractivity contribution in [2.75, 3.05) is 0 Å². The number of aromatic nitrogens is 3. The topological polar surface area (TPSA) is 72.4 Å². The van der Waals surface area contributed by atoms with E-state index in [2.05, 4.69) is 15.5 Å². The van der Waals surface area contributed by atoms with Crippen molar-refractivity contribution in [2.45, 2.75) is 26.8 Å². The number of nitrogens with one attached hydrogen (secondary N) is 1. The third kappa shape index (κ3) is 2.96. The van der Waals surface area contributed by atoms with Crippen molar-refractivity contribution in [1.82, 2.24) is 19.9 Å². The van der Waals surface area contributed by atoms with E-state index in [9.17, 15) is 4.79 Å². The molecule has 1 N–H and O–H groups in total. The van der Waals surface area contributed by atoms with Gasteiger partial charge in [-0.25, -0.2) is 4.98 Å². The molecule has 0 saturated carbocycles. The standard InChI is InChI=1S/C15H15ClN4O2/c1-9-13(10(2)22-19-9)5-15(21)17-6-12-8-20-7-11(16)3-4-14(20)18-12/h3-4,7-8H,5-6H2,1-2H3,(H,17,21). The fourth-order valence-corrected chi connectivity index (χ4v) is 2.44. The Labute approximate surface area is 132 Å². The zero-order valence-electron chi connectivity index (χ0n) is 12.3. The number of nitrogens with zero attached hydrogens (tertiary/aromatic N) is 3.